The number of aliphatic hydroxyl groups is 1. The maximum Gasteiger partial charge on any atom is 0.314 e. The van der Waals surface area contributed by atoms with Crippen molar-refractivity contribution in [1.29, 1.82) is 0 Å². The number of hydrogen-bond acceptors (Lipinski definition) is 5. The van der Waals surface area contributed by atoms with Gasteiger partial charge in [0.25, 0.3) is 0 Å². The summed E-state index contributed by atoms with van der Waals surface area (Å²) >= 11 is 0. The van der Waals surface area contributed by atoms with Crippen LogP contribution in [0.2, 0.25) is 0 Å². The van der Waals surface area contributed by atoms with Crippen LogP contribution in [-0.4, -0.2) is 36.9 Å². The van der Waals surface area contributed by atoms with E-state index in [-0.39, 0.29) is 12.8 Å². The Labute approximate surface area is 114 Å². The Morgan fingerprint density at radius 1 is 1.11 bits per heavy atom. The summed E-state index contributed by atoms with van der Waals surface area (Å²) in [7, 11) is 2.62. The fourth-order valence-corrected chi connectivity index (χ4v) is 3.50. The van der Waals surface area contributed by atoms with Crippen LogP contribution in [0.4, 0.5) is 0 Å². The summed E-state index contributed by atoms with van der Waals surface area (Å²) in [6.45, 7) is 5.33. The first kappa shape index (κ1) is 16.0. The fourth-order valence-electron chi connectivity index (χ4n) is 3.50. The van der Waals surface area contributed by atoms with E-state index in [4.69, 9.17) is 9.47 Å². The van der Waals surface area contributed by atoms with Gasteiger partial charge < -0.3 is 14.6 Å². The van der Waals surface area contributed by atoms with Crippen molar-refractivity contribution in [3.8, 4) is 0 Å². The average molecular weight is 272 g/mol. The van der Waals surface area contributed by atoms with Crippen LogP contribution in [0, 0.1) is 10.8 Å². The van der Waals surface area contributed by atoms with E-state index in [0.29, 0.717) is 6.42 Å². The highest BCUT2D eigenvalue weighted by molar-refractivity contribution is 5.83. The molecule has 0 bridgehead atoms. The minimum Gasteiger partial charge on any atom is -0.469 e. The average Bonchev–Trinajstić information content (AvgIpc) is 2.56. The molecule has 5 heteroatoms. The maximum atomic E-state index is 12.1. The predicted molar refractivity (Wildman–Crippen MR) is 69.3 cm³/mol. The lowest BCUT2D eigenvalue weighted by molar-refractivity contribution is -0.167. The van der Waals surface area contributed by atoms with Crippen LogP contribution in [-0.2, 0) is 19.1 Å². The van der Waals surface area contributed by atoms with Gasteiger partial charge in [-0.05, 0) is 33.1 Å². The molecule has 0 saturated heterocycles. The first-order valence-electron chi connectivity index (χ1n) is 6.58. The molecule has 0 aliphatic heterocycles. The third kappa shape index (κ3) is 2.36. The van der Waals surface area contributed by atoms with E-state index in [2.05, 4.69) is 0 Å². The second-order valence-electron chi connectivity index (χ2n) is 6.01. The number of ether oxygens (including phenoxy) is 2. The topological polar surface area (TPSA) is 72.8 Å². The Morgan fingerprint density at radius 2 is 1.63 bits per heavy atom. The highest BCUT2D eigenvalue weighted by Crippen LogP contribution is 2.58. The van der Waals surface area contributed by atoms with Gasteiger partial charge in [-0.1, -0.05) is 13.3 Å². The number of rotatable bonds is 4. The van der Waals surface area contributed by atoms with Gasteiger partial charge in [0.15, 0.2) is 0 Å². The molecule has 1 fully saturated rings. The van der Waals surface area contributed by atoms with E-state index in [1.54, 1.807) is 13.8 Å². The molecule has 1 N–H and O–H groups in total. The lowest BCUT2D eigenvalue weighted by Gasteiger charge is -2.36. The fraction of sp³-hybridized carbons (Fsp3) is 0.857. The van der Waals surface area contributed by atoms with Crippen LogP contribution in [0.3, 0.4) is 0 Å². The molecule has 0 aromatic carbocycles. The molecule has 19 heavy (non-hydrogen) atoms. The minimum atomic E-state index is -1.24. The highest BCUT2D eigenvalue weighted by Gasteiger charge is 2.65. The second kappa shape index (κ2) is 5.12. The van der Waals surface area contributed by atoms with Gasteiger partial charge in [0.2, 0.25) is 0 Å². The van der Waals surface area contributed by atoms with Crippen LogP contribution in [0.15, 0.2) is 0 Å². The molecule has 0 amide bonds. The smallest absolute Gasteiger partial charge is 0.314 e. The SMILES string of the molecule is CCC[C@]1(O)C[C@](C)(C(=O)OC)C[C@@]1(C)C(=O)OC. The van der Waals surface area contributed by atoms with Crippen molar-refractivity contribution < 1.29 is 24.2 Å². The van der Waals surface area contributed by atoms with Gasteiger partial charge in [-0.3, -0.25) is 9.59 Å². The first-order valence-corrected chi connectivity index (χ1v) is 6.58. The zero-order valence-electron chi connectivity index (χ0n) is 12.4. The molecule has 3 atom stereocenters. The third-order valence-corrected chi connectivity index (χ3v) is 4.43. The van der Waals surface area contributed by atoms with Crippen molar-refractivity contribution in [2.45, 2.75) is 52.1 Å². The molecule has 0 heterocycles. The van der Waals surface area contributed by atoms with Gasteiger partial charge in [-0.25, -0.2) is 0 Å². The molecule has 110 valence electrons. The Hall–Kier alpha value is -1.10. The molecule has 5 nitrogen and oxygen atoms in total. The molecule has 1 aliphatic rings. The number of methoxy groups -OCH3 is 2. The van der Waals surface area contributed by atoms with E-state index in [9.17, 15) is 14.7 Å². The standard InChI is InChI=1S/C14H24O5/c1-6-7-14(17)9-12(2,10(15)18-4)8-13(14,3)11(16)19-5/h17H,6-9H2,1-5H3/t12-,13+,14+/m1/s1. The summed E-state index contributed by atoms with van der Waals surface area (Å²) in [4.78, 5) is 24.0. The van der Waals surface area contributed by atoms with Gasteiger partial charge in [0.05, 0.1) is 30.7 Å². The van der Waals surface area contributed by atoms with E-state index in [1.165, 1.54) is 14.2 Å². The minimum absolute atomic E-state index is 0.214. The van der Waals surface area contributed by atoms with E-state index >= 15 is 0 Å². The van der Waals surface area contributed by atoms with Crippen LogP contribution in [0.25, 0.3) is 0 Å². The molecule has 1 saturated carbocycles. The summed E-state index contributed by atoms with van der Waals surface area (Å²) in [6, 6.07) is 0. The number of esters is 2. The zero-order valence-corrected chi connectivity index (χ0v) is 12.4. The lowest BCUT2D eigenvalue weighted by Crippen LogP contribution is -2.47. The highest BCUT2D eigenvalue weighted by atomic mass is 16.5. The Morgan fingerprint density at radius 3 is 2.05 bits per heavy atom. The third-order valence-electron chi connectivity index (χ3n) is 4.43. The van der Waals surface area contributed by atoms with E-state index in [1.807, 2.05) is 6.92 Å². The van der Waals surface area contributed by atoms with Crippen molar-refractivity contribution in [2.75, 3.05) is 14.2 Å². The van der Waals surface area contributed by atoms with Crippen LogP contribution in [0.5, 0.6) is 0 Å². The summed E-state index contributed by atoms with van der Waals surface area (Å²) in [6.07, 6.45) is 1.62. The summed E-state index contributed by atoms with van der Waals surface area (Å²) in [5.74, 6) is -0.870. The number of hydrogen-bond donors (Lipinski definition) is 1. The lowest BCUT2D eigenvalue weighted by atomic mass is 9.73. The quantitative estimate of drug-likeness (QED) is 0.788. The number of carbonyl (C=O) groups is 2. The monoisotopic (exact) mass is 272 g/mol. The van der Waals surface area contributed by atoms with Gasteiger partial charge >= 0.3 is 11.9 Å². The Balaban J connectivity index is 3.22. The van der Waals surface area contributed by atoms with Crippen molar-refractivity contribution in [1.82, 2.24) is 0 Å². The van der Waals surface area contributed by atoms with Gasteiger partial charge in [0, 0.05) is 0 Å². The molecule has 0 aromatic heterocycles. The maximum absolute atomic E-state index is 12.1. The van der Waals surface area contributed by atoms with Crippen LogP contribution < -0.4 is 0 Å². The van der Waals surface area contributed by atoms with Gasteiger partial charge in [-0.15, -0.1) is 0 Å². The molecular formula is C14H24O5. The van der Waals surface area contributed by atoms with Gasteiger partial charge in [0.1, 0.15) is 0 Å². The molecule has 0 unspecified atom stereocenters. The van der Waals surface area contributed by atoms with E-state index < -0.39 is 28.4 Å². The number of carbonyl (C=O) groups excluding carboxylic acids is 2. The van der Waals surface area contributed by atoms with Crippen molar-refractivity contribution in [3.05, 3.63) is 0 Å². The molecule has 1 aliphatic carbocycles. The van der Waals surface area contributed by atoms with E-state index in [0.717, 1.165) is 6.42 Å². The molecule has 0 radical (unpaired) electrons. The van der Waals surface area contributed by atoms with Crippen molar-refractivity contribution in [2.24, 2.45) is 10.8 Å². The summed E-state index contributed by atoms with van der Waals surface area (Å²) < 4.78 is 9.65. The van der Waals surface area contributed by atoms with Crippen molar-refractivity contribution >= 4 is 11.9 Å². The summed E-state index contributed by atoms with van der Waals surface area (Å²) in [5.41, 5.74) is -3.18. The molecular weight excluding hydrogens is 248 g/mol. The van der Waals surface area contributed by atoms with Crippen LogP contribution >= 0.6 is 0 Å². The van der Waals surface area contributed by atoms with Crippen molar-refractivity contribution in [3.63, 3.8) is 0 Å². The normalized spacial score (nSPS) is 38.0. The Kier molecular flexibility index (Phi) is 4.30. The largest absolute Gasteiger partial charge is 0.469 e. The van der Waals surface area contributed by atoms with Crippen LogP contribution in [0.1, 0.15) is 46.5 Å². The molecule has 0 spiro atoms. The zero-order chi connectivity index (χ0) is 14.9. The summed E-state index contributed by atoms with van der Waals surface area (Å²) in [5, 5.41) is 10.9. The Bertz CT molecular complexity index is 380. The first-order chi connectivity index (χ1) is 8.69. The predicted octanol–water partition coefficient (Wildman–Crippen LogP) is 1.67. The molecule has 0 aromatic rings. The van der Waals surface area contributed by atoms with Gasteiger partial charge in [-0.2, -0.15) is 0 Å². The second-order valence-corrected chi connectivity index (χ2v) is 6.01. The molecule has 1 rings (SSSR count).